The van der Waals surface area contributed by atoms with Crippen LogP contribution in [0.2, 0.25) is 5.02 Å². The first-order chi connectivity index (χ1) is 6.18. The molecule has 13 heavy (non-hydrogen) atoms. The maximum Gasteiger partial charge on any atom is 0.224 e. The molecule has 1 aromatic carbocycles. The van der Waals surface area contributed by atoms with Crippen molar-refractivity contribution in [1.29, 1.82) is 0 Å². The van der Waals surface area contributed by atoms with Gasteiger partial charge < -0.3 is 5.32 Å². The molecule has 0 fully saturated rings. The first kappa shape index (κ1) is 8.57. The van der Waals surface area contributed by atoms with Gasteiger partial charge in [-0.2, -0.15) is 0 Å². The molecule has 2 nitrogen and oxygen atoms in total. The fraction of sp³-hybridized carbons (Fsp3) is 0.300. The number of benzene rings is 1. The molecule has 0 radical (unpaired) electrons. The normalized spacial score (nSPS) is 15.1. The Bertz CT molecular complexity index is 373. The zero-order valence-corrected chi connectivity index (χ0v) is 8.11. The van der Waals surface area contributed by atoms with E-state index in [1.165, 1.54) is 0 Å². The average molecular weight is 196 g/mol. The summed E-state index contributed by atoms with van der Waals surface area (Å²) < 4.78 is 0. The lowest BCUT2D eigenvalue weighted by Crippen LogP contribution is -2.19. The monoisotopic (exact) mass is 195 g/mol. The minimum Gasteiger partial charge on any atom is -0.325 e. The second-order valence-corrected chi connectivity index (χ2v) is 3.66. The Morgan fingerprint density at radius 2 is 2.15 bits per heavy atom. The highest BCUT2D eigenvalue weighted by Crippen LogP contribution is 2.32. The number of carbonyl (C=O) groups excluding carboxylic acids is 1. The van der Waals surface area contributed by atoms with Crippen molar-refractivity contribution in [2.45, 2.75) is 19.8 Å². The number of hydrogen-bond acceptors (Lipinski definition) is 1. The highest BCUT2D eigenvalue weighted by molar-refractivity contribution is 6.34. The van der Waals surface area contributed by atoms with Gasteiger partial charge >= 0.3 is 0 Å². The summed E-state index contributed by atoms with van der Waals surface area (Å²) in [5, 5.41) is 3.47. The molecule has 0 aliphatic carbocycles. The molecule has 0 unspecified atom stereocenters. The van der Waals surface area contributed by atoms with Crippen LogP contribution in [0.5, 0.6) is 0 Å². The Hall–Kier alpha value is -1.02. The molecule has 0 aromatic heterocycles. The number of anilines is 1. The highest BCUT2D eigenvalue weighted by Gasteiger charge is 2.17. The summed E-state index contributed by atoms with van der Waals surface area (Å²) in [6, 6.07) is 4.01. The van der Waals surface area contributed by atoms with E-state index in [-0.39, 0.29) is 5.91 Å². The maximum atomic E-state index is 11.1. The van der Waals surface area contributed by atoms with Crippen LogP contribution in [0.25, 0.3) is 0 Å². The first-order valence-corrected chi connectivity index (χ1v) is 4.64. The minimum atomic E-state index is 0.0556. The molecule has 68 valence electrons. The Kier molecular flexibility index (Phi) is 2.00. The molecule has 0 spiro atoms. The third kappa shape index (κ3) is 1.42. The van der Waals surface area contributed by atoms with E-state index in [0.717, 1.165) is 23.2 Å². The molecular weight excluding hydrogens is 186 g/mol. The van der Waals surface area contributed by atoms with Gasteiger partial charge in [-0.3, -0.25) is 4.79 Å². The van der Waals surface area contributed by atoms with Crippen LogP contribution in [0, 0.1) is 6.92 Å². The van der Waals surface area contributed by atoms with Crippen molar-refractivity contribution in [3.05, 3.63) is 28.3 Å². The van der Waals surface area contributed by atoms with Gasteiger partial charge in [-0.15, -0.1) is 0 Å². The van der Waals surface area contributed by atoms with Gasteiger partial charge in [-0.1, -0.05) is 23.7 Å². The summed E-state index contributed by atoms with van der Waals surface area (Å²) in [6.07, 6.45) is 1.35. The summed E-state index contributed by atoms with van der Waals surface area (Å²) >= 11 is 6.06. The molecule has 1 amide bonds. The van der Waals surface area contributed by atoms with Crippen molar-refractivity contribution in [2.24, 2.45) is 0 Å². The topological polar surface area (TPSA) is 29.1 Å². The standard InChI is InChI=1S/C10H10ClNO/c1-6-2-3-7-4-5-8(13)12-10(7)9(6)11/h2-3H,4-5H2,1H3,(H,12,13). The van der Waals surface area contributed by atoms with Crippen LogP contribution in [-0.2, 0) is 11.2 Å². The Labute approximate surface area is 81.9 Å². The summed E-state index contributed by atoms with van der Waals surface area (Å²) in [6.45, 7) is 1.93. The number of amides is 1. The largest absolute Gasteiger partial charge is 0.325 e. The number of fused-ring (bicyclic) bond motifs is 1. The van der Waals surface area contributed by atoms with E-state index in [1.807, 2.05) is 19.1 Å². The summed E-state index contributed by atoms with van der Waals surface area (Å²) in [4.78, 5) is 11.1. The van der Waals surface area contributed by atoms with Gasteiger partial charge in [0.1, 0.15) is 0 Å². The van der Waals surface area contributed by atoms with Crippen LogP contribution >= 0.6 is 11.6 Å². The quantitative estimate of drug-likeness (QED) is 0.677. The summed E-state index contributed by atoms with van der Waals surface area (Å²) in [5.41, 5.74) is 2.94. The third-order valence-electron chi connectivity index (χ3n) is 2.31. The molecule has 1 aliphatic heterocycles. The van der Waals surface area contributed by atoms with Crippen molar-refractivity contribution in [2.75, 3.05) is 5.32 Å². The Morgan fingerprint density at radius 3 is 2.92 bits per heavy atom. The molecule has 0 atom stereocenters. The van der Waals surface area contributed by atoms with Crippen molar-refractivity contribution in [1.82, 2.24) is 0 Å². The van der Waals surface area contributed by atoms with Crippen LogP contribution in [0.4, 0.5) is 5.69 Å². The van der Waals surface area contributed by atoms with Crippen LogP contribution in [-0.4, -0.2) is 5.91 Å². The van der Waals surface area contributed by atoms with Crippen molar-refractivity contribution in [3.8, 4) is 0 Å². The van der Waals surface area contributed by atoms with Crippen LogP contribution in [0.1, 0.15) is 17.5 Å². The van der Waals surface area contributed by atoms with Crippen LogP contribution in [0.15, 0.2) is 12.1 Å². The average Bonchev–Trinajstić information content (AvgIpc) is 2.12. The van der Waals surface area contributed by atoms with Gasteiger partial charge in [-0.05, 0) is 24.5 Å². The molecule has 0 saturated heterocycles. The lowest BCUT2D eigenvalue weighted by molar-refractivity contribution is -0.116. The number of carbonyl (C=O) groups is 1. The van der Waals surface area contributed by atoms with E-state index in [2.05, 4.69) is 5.32 Å². The van der Waals surface area contributed by atoms with E-state index in [1.54, 1.807) is 0 Å². The molecular formula is C10H10ClNO. The van der Waals surface area contributed by atoms with Gasteiger partial charge in [0.2, 0.25) is 5.91 Å². The fourth-order valence-corrected chi connectivity index (χ4v) is 1.75. The Balaban J connectivity index is 2.54. The molecule has 1 aromatic rings. The smallest absolute Gasteiger partial charge is 0.224 e. The minimum absolute atomic E-state index is 0.0556. The SMILES string of the molecule is Cc1ccc2c(c1Cl)NC(=O)CC2. The zero-order valence-electron chi connectivity index (χ0n) is 7.36. The van der Waals surface area contributed by atoms with Gasteiger partial charge in [0.25, 0.3) is 0 Å². The van der Waals surface area contributed by atoms with Crippen LogP contribution < -0.4 is 5.32 Å². The lowest BCUT2D eigenvalue weighted by atomic mass is 10.0. The summed E-state index contributed by atoms with van der Waals surface area (Å²) in [5.74, 6) is 0.0556. The van der Waals surface area contributed by atoms with Gasteiger partial charge in [0.15, 0.2) is 0 Å². The maximum absolute atomic E-state index is 11.1. The van der Waals surface area contributed by atoms with Gasteiger partial charge in [0, 0.05) is 6.42 Å². The number of halogens is 1. The fourth-order valence-electron chi connectivity index (χ4n) is 1.51. The summed E-state index contributed by atoms with van der Waals surface area (Å²) in [7, 11) is 0. The lowest BCUT2D eigenvalue weighted by Gasteiger charge is -2.18. The molecule has 3 heteroatoms. The van der Waals surface area contributed by atoms with E-state index >= 15 is 0 Å². The Morgan fingerprint density at radius 1 is 1.38 bits per heavy atom. The first-order valence-electron chi connectivity index (χ1n) is 4.26. The van der Waals surface area contributed by atoms with Crippen molar-refractivity contribution in [3.63, 3.8) is 0 Å². The number of rotatable bonds is 0. The second kappa shape index (κ2) is 3.04. The molecule has 1 heterocycles. The van der Waals surface area contributed by atoms with E-state index in [0.29, 0.717) is 11.4 Å². The van der Waals surface area contributed by atoms with E-state index in [9.17, 15) is 4.79 Å². The van der Waals surface area contributed by atoms with Crippen molar-refractivity contribution >= 4 is 23.2 Å². The van der Waals surface area contributed by atoms with Crippen LogP contribution in [0.3, 0.4) is 0 Å². The molecule has 1 aliphatic rings. The molecule has 2 rings (SSSR count). The molecule has 0 saturated carbocycles. The van der Waals surface area contributed by atoms with Gasteiger partial charge in [0.05, 0.1) is 10.7 Å². The predicted octanol–water partition coefficient (Wildman–Crippen LogP) is 2.53. The second-order valence-electron chi connectivity index (χ2n) is 3.28. The molecule has 0 bridgehead atoms. The predicted molar refractivity (Wildman–Crippen MR) is 53.1 cm³/mol. The van der Waals surface area contributed by atoms with E-state index in [4.69, 9.17) is 11.6 Å². The zero-order chi connectivity index (χ0) is 9.42. The third-order valence-corrected chi connectivity index (χ3v) is 2.79. The number of aryl methyl sites for hydroxylation is 2. The van der Waals surface area contributed by atoms with E-state index < -0.39 is 0 Å². The van der Waals surface area contributed by atoms with Gasteiger partial charge in [-0.25, -0.2) is 0 Å². The van der Waals surface area contributed by atoms with Crippen molar-refractivity contribution < 1.29 is 4.79 Å². The number of nitrogens with one attached hydrogen (secondary N) is 1. The molecule has 1 N–H and O–H groups in total. The number of hydrogen-bond donors (Lipinski definition) is 1. The highest BCUT2D eigenvalue weighted by atomic mass is 35.5.